The Bertz CT molecular complexity index is 425. The van der Waals surface area contributed by atoms with Crippen LogP contribution in [0.25, 0.3) is 0 Å². The van der Waals surface area contributed by atoms with Crippen LogP contribution in [0.3, 0.4) is 0 Å². The summed E-state index contributed by atoms with van der Waals surface area (Å²) in [6, 6.07) is 0. The van der Waals surface area contributed by atoms with Crippen LogP contribution in [0.2, 0.25) is 0 Å². The second-order valence-electron chi connectivity index (χ2n) is 6.62. The molecule has 2 N–H and O–H groups in total. The molecule has 3 nitrogen and oxygen atoms in total. The van der Waals surface area contributed by atoms with E-state index < -0.39 is 0 Å². The number of rotatable bonds is 4. The molecule has 0 radical (unpaired) electrons. The van der Waals surface area contributed by atoms with Gasteiger partial charge in [0.15, 0.2) is 0 Å². The zero-order valence-electron chi connectivity index (χ0n) is 11.9. The lowest BCUT2D eigenvalue weighted by Crippen LogP contribution is -2.30. The third-order valence-corrected chi connectivity index (χ3v) is 5.93. The molecule has 0 aromatic carbocycles. The molecule has 4 heteroatoms. The molecule has 2 heterocycles. The van der Waals surface area contributed by atoms with Gasteiger partial charge in [-0.3, -0.25) is 4.90 Å². The second kappa shape index (κ2) is 5.51. The third kappa shape index (κ3) is 3.01. The minimum absolute atomic E-state index is 0.332. The smallest absolute Gasteiger partial charge is 0.0959 e. The highest BCUT2D eigenvalue weighted by Crippen LogP contribution is 2.37. The maximum atomic E-state index is 5.87. The van der Waals surface area contributed by atoms with E-state index in [1.54, 1.807) is 0 Å². The van der Waals surface area contributed by atoms with Crippen molar-refractivity contribution in [2.24, 2.45) is 11.1 Å². The lowest BCUT2D eigenvalue weighted by Gasteiger charge is -2.22. The minimum Gasteiger partial charge on any atom is -0.330 e. The molecule has 1 atom stereocenters. The molecule has 1 aromatic rings. The first-order chi connectivity index (χ1) is 9.18. The summed E-state index contributed by atoms with van der Waals surface area (Å²) >= 11 is 1.94. The maximum absolute atomic E-state index is 5.87. The fraction of sp³-hybridized carbons (Fsp3) is 0.800. The summed E-state index contributed by atoms with van der Waals surface area (Å²) in [6.07, 6.45) is 8.82. The molecule has 2 aliphatic rings. The van der Waals surface area contributed by atoms with E-state index in [0.29, 0.717) is 5.41 Å². The maximum Gasteiger partial charge on any atom is 0.0959 e. The molecular weight excluding hydrogens is 254 g/mol. The van der Waals surface area contributed by atoms with Crippen molar-refractivity contribution in [3.8, 4) is 0 Å². The van der Waals surface area contributed by atoms with Crippen LogP contribution in [0.5, 0.6) is 0 Å². The largest absolute Gasteiger partial charge is 0.330 e. The van der Waals surface area contributed by atoms with E-state index >= 15 is 0 Å². The van der Waals surface area contributed by atoms with Gasteiger partial charge in [-0.25, -0.2) is 4.98 Å². The fourth-order valence-corrected chi connectivity index (χ4v) is 4.53. The van der Waals surface area contributed by atoms with Gasteiger partial charge < -0.3 is 5.73 Å². The first kappa shape index (κ1) is 13.5. The summed E-state index contributed by atoms with van der Waals surface area (Å²) in [4.78, 5) is 8.64. The SMILES string of the molecule is CC1(CN)CCN(Cc2cnc(C3CCCC3)s2)C1. The van der Waals surface area contributed by atoms with Crippen molar-refractivity contribution in [1.29, 1.82) is 0 Å². The standard InChI is InChI=1S/C15H25N3S/c1-15(10-16)6-7-18(11-15)9-13-8-17-14(19-13)12-4-2-3-5-12/h8,12H,2-7,9-11,16H2,1H3. The molecule has 1 aliphatic carbocycles. The Labute approximate surface area is 120 Å². The quantitative estimate of drug-likeness (QED) is 0.921. The zero-order valence-corrected chi connectivity index (χ0v) is 12.7. The van der Waals surface area contributed by atoms with Gasteiger partial charge in [-0.2, -0.15) is 0 Å². The molecule has 1 unspecified atom stereocenters. The summed E-state index contributed by atoms with van der Waals surface area (Å²) in [7, 11) is 0. The van der Waals surface area contributed by atoms with Crippen molar-refractivity contribution < 1.29 is 0 Å². The Morgan fingerprint density at radius 1 is 1.47 bits per heavy atom. The highest BCUT2D eigenvalue weighted by molar-refractivity contribution is 7.11. The predicted molar refractivity (Wildman–Crippen MR) is 80.4 cm³/mol. The van der Waals surface area contributed by atoms with Crippen LogP contribution in [0, 0.1) is 5.41 Å². The first-order valence-electron chi connectivity index (χ1n) is 7.56. The van der Waals surface area contributed by atoms with Crippen LogP contribution in [0.4, 0.5) is 0 Å². The Kier molecular flexibility index (Phi) is 3.92. The summed E-state index contributed by atoms with van der Waals surface area (Å²) in [5, 5.41) is 1.38. The topological polar surface area (TPSA) is 42.1 Å². The van der Waals surface area contributed by atoms with E-state index in [2.05, 4.69) is 23.0 Å². The second-order valence-corrected chi connectivity index (χ2v) is 7.77. The first-order valence-corrected chi connectivity index (χ1v) is 8.37. The van der Waals surface area contributed by atoms with Gasteiger partial charge >= 0.3 is 0 Å². The lowest BCUT2D eigenvalue weighted by atomic mass is 9.90. The van der Waals surface area contributed by atoms with E-state index in [9.17, 15) is 0 Å². The average molecular weight is 279 g/mol. The Balaban J connectivity index is 1.58. The van der Waals surface area contributed by atoms with Crippen molar-refractivity contribution in [3.63, 3.8) is 0 Å². The van der Waals surface area contributed by atoms with Crippen LogP contribution in [0.15, 0.2) is 6.20 Å². The Morgan fingerprint density at radius 3 is 2.95 bits per heavy atom. The molecule has 3 rings (SSSR count). The number of aromatic nitrogens is 1. The molecule has 0 bridgehead atoms. The molecular formula is C15H25N3S. The molecule has 19 heavy (non-hydrogen) atoms. The van der Waals surface area contributed by atoms with Crippen LogP contribution in [-0.4, -0.2) is 29.5 Å². The molecule has 1 aliphatic heterocycles. The molecule has 0 spiro atoms. The molecule has 1 saturated heterocycles. The number of thiazole rings is 1. The van der Waals surface area contributed by atoms with Crippen molar-refractivity contribution in [3.05, 3.63) is 16.1 Å². The summed E-state index contributed by atoms with van der Waals surface area (Å²) in [5.74, 6) is 0.756. The van der Waals surface area contributed by atoms with Gasteiger partial charge in [-0.1, -0.05) is 19.8 Å². The number of nitrogens with zero attached hydrogens (tertiary/aromatic N) is 2. The van der Waals surface area contributed by atoms with Crippen molar-refractivity contribution in [1.82, 2.24) is 9.88 Å². The number of likely N-dealkylation sites (tertiary alicyclic amines) is 1. The zero-order chi connectivity index (χ0) is 13.3. The van der Waals surface area contributed by atoms with Crippen LogP contribution in [-0.2, 0) is 6.54 Å². The fourth-order valence-electron chi connectivity index (χ4n) is 3.41. The molecule has 2 fully saturated rings. The summed E-state index contributed by atoms with van der Waals surface area (Å²) in [6.45, 7) is 6.51. The Morgan fingerprint density at radius 2 is 2.26 bits per heavy atom. The van der Waals surface area contributed by atoms with E-state index in [0.717, 1.165) is 25.6 Å². The minimum atomic E-state index is 0.332. The van der Waals surface area contributed by atoms with Crippen molar-refractivity contribution >= 4 is 11.3 Å². The van der Waals surface area contributed by atoms with Gasteiger partial charge in [0.05, 0.1) is 5.01 Å². The third-order valence-electron chi connectivity index (χ3n) is 4.79. The van der Waals surface area contributed by atoms with Gasteiger partial charge in [0.1, 0.15) is 0 Å². The van der Waals surface area contributed by atoms with Crippen LogP contribution >= 0.6 is 11.3 Å². The van der Waals surface area contributed by atoms with E-state index in [-0.39, 0.29) is 0 Å². The van der Waals surface area contributed by atoms with Crippen LogP contribution in [0.1, 0.15) is 54.8 Å². The molecule has 0 amide bonds. The normalized spacial score (nSPS) is 29.4. The monoisotopic (exact) mass is 279 g/mol. The van der Waals surface area contributed by atoms with Crippen LogP contribution < -0.4 is 5.73 Å². The van der Waals surface area contributed by atoms with E-state index in [1.165, 1.54) is 48.5 Å². The number of nitrogens with two attached hydrogens (primary N) is 1. The summed E-state index contributed by atoms with van der Waals surface area (Å²) < 4.78 is 0. The highest BCUT2D eigenvalue weighted by atomic mass is 32.1. The molecule has 106 valence electrons. The van der Waals surface area contributed by atoms with Gasteiger partial charge in [-0.05, 0) is 37.8 Å². The summed E-state index contributed by atoms with van der Waals surface area (Å²) in [5.41, 5.74) is 6.21. The van der Waals surface area contributed by atoms with Gasteiger partial charge in [0, 0.05) is 30.1 Å². The average Bonchev–Trinajstić information content (AvgIpc) is 3.11. The van der Waals surface area contributed by atoms with Gasteiger partial charge in [-0.15, -0.1) is 11.3 Å². The van der Waals surface area contributed by atoms with E-state index in [4.69, 9.17) is 5.73 Å². The van der Waals surface area contributed by atoms with Crippen molar-refractivity contribution in [2.75, 3.05) is 19.6 Å². The number of hydrogen-bond acceptors (Lipinski definition) is 4. The highest BCUT2D eigenvalue weighted by Gasteiger charge is 2.32. The van der Waals surface area contributed by atoms with Gasteiger partial charge in [0.2, 0.25) is 0 Å². The molecule has 1 aromatic heterocycles. The van der Waals surface area contributed by atoms with Crippen molar-refractivity contribution in [2.45, 2.75) is 51.5 Å². The lowest BCUT2D eigenvalue weighted by molar-refractivity contribution is 0.276. The van der Waals surface area contributed by atoms with E-state index in [1.807, 2.05) is 11.3 Å². The Hall–Kier alpha value is -0.450. The molecule has 1 saturated carbocycles. The van der Waals surface area contributed by atoms with Gasteiger partial charge in [0.25, 0.3) is 0 Å². The number of hydrogen-bond donors (Lipinski definition) is 1. The predicted octanol–water partition coefficient (Wildman–Crippen LogP) is 2.97.